The van der Waals surface area contributed by atoms with Crippen LogP contribution >= 0.6 is 0 Å². The van der Waals surface area contributed by atoms with Gasteiger partial charge in [-0.1, -0.05) is 6.07 Å². The molecule has 0 aromatic heterocycles. The smallest absolute Gasteiger partial charge is 0.204 e. The Labute approximate surface area is 70.3 Å². The van der Waals surface area contributed by atoms with Crippen LogP contribution in [0.1, 0.15) is 5.56 Å². The monoisotopic (exact) mass is 194 g/mol. The van der Waals surface area contributed by atoms with Crippen molar-refractivity contribution in [1.82, 2.24) is 0 Å². The summed E-state index contributed by atoms with van der Waals surface area (Å²) in [5.41, 5.74) is -1.07. The van der Waals surface area contributed by atoms with Crippen LogP contribution in [0, 0.1) is 11.6 Å². The molecule has 0 saturated carbocycles. The largest absolute Gasteiger partial charge is 0.306 e. The zero-order chi connectivity index (χ0) is 10.0. The molecule has 0 radical (unpaired) electrons. The van der Waals surface area contributed by atoms with Gasteiger partial charge in [0.25, 0.3) is 0 Å². The minimum Gasteiger partial charge on any atom is -0.204 e. The molecule has 0 unspecified atom stereocenters. The lowest BCUT2D eigenvalue weighted by molar-refractivity contribution is 0.408. The molecule has 13 heavy (non-hydrogen) atoms. The first-order chi connectivity index (χ1) is 6.04. The Morgan fingerprint density at radius 3 is 2.15 bits per heavy atom. The Kier molecular flexibility index (Phi) is 2.65. The fourth-order valence-electron chi connectivity index (χ4n) is 0.775. The molecule has 0 fully saturated rings. The Hall–Kier alpha value is -1.39. The lowest BCUT2D eigenvalue weighted by Gasteiger charge is -1.99. The van der Waals surface area contributed by atoms with E-state index in [-0.39, 0.29) is 0 Å². The van der Waals surface area contributed by atoms with Gasteiger partial charge in [-0.15, -0.1) is 0 Å². The summed E-state index contributed by atoms with van der Waals surface area (Å²) in [5.74, 6) is -5.03. The van der Waals surface area contributed by atoms with E-state index in [1.54, 1.807) is 0 Å². The average molecular weight is 194 g/mol. The molecular weight excluding hydrogens is 191 g/mol. The average Bonchev–Trinajstić information content (AvgIpc) is 2.08. The lowest BCUT2D eigenvalue weighted by Crippen LogP contribution is -1.90. The van der Waals surface area contributed by atoms with Gasteiger partial charge in [0, 0.05) is 0 Å². The second-order valence-corrected chi connectivity index (χ2v) is 2.18. The first-order valence-electron chi connectivity index (χ1n) is 3.19. The maximum absolute atomic E-state index is 12.6. The molecule has 0 nitrogen and oxygen atoms in total. The summed E-state index contributed by atoms with van der Waals surface area (Å²) >= 11 is 0. The molecule has 1 aromatic rings. The topological polar surface area (TPSA) is 0 Å². The molecule has 0 heterocycles. The first kappa shape index (κ1) is 9.70. The van der Waals surface area contributed by atoms with Crippen molar-refractivity contribution >= 4 is 5.83 Å². The van der Waals surface area contributed by atoms with Crippen LogP contribution in [0.3, 0.4) is 0 Å². The van der Waals surface area contributed by atoms with Crippen molar-refractivity contribution < 1.29 is 22.0 Å². The Morgan fingerprint density at radius 1 is 1.00 bits per heavy atom. The fourth-order valence-corrected chi connectivity index (χ4v) is 0.775. The van der Waals surface area contributed by atoms with Gasteiger partial charge in [0.05, 0.1) is 5.56 Å². The normalized spacial score (nSPS) is 9.92. The molecule has 0 bridgehead atoms. The van der Waals surface area contributed by atoms with Crippen LogP contribution in [0.5, 0.6) is 0 Å². The molecule has 1 rings (SSSR count). The molecule has 0 aliphatic carbocycles. The van der Waals surface area contributed by atoms with E-state index in [0.29, 0.717) is 6.07 Å². The molecule has 0 aliphatic heterocycles. The van der Waals surface area contributed by atoms with Gasteiger partial charge in [0.15, 0.2) is 17.5 Å². The minimum absolute atomic E-state index is 0.711. The molecule has 0 amide bonds. The second-order valence-electron chi connectivity index (χ2n) is 2.18. The van der Waals surface area contributed by atoms with Crippen molar-refractivity contribution in [3.05, 3.63) is 41.5 Å². The molecule has 1 aromatic carbocycles. The Bertz CT molecular complexity index is 352. The third-order valence-electron chi connectivity index (χ3n) is 1.35. The molecule has 0 saturated heterocycles. The molecule has 0 N–H and O–H groups in total. The zero-order valence-corrected chi connectivity index (χ0v) is 6.12. The van der Waals surface area contributed by atoms with E-state index in [1.807, 2.05) is 0 Å². The number of hydrogen-bond donors (Lipinski definition) is 0. The molecule has 70 valence electrons. The van der Waals surface area contributed by atoms with E-state index in [4.69, 9.17) is 0 Å². The summed E-state index contributed by atoms with van der Waals surface area (Å²) in [5, 5.41) is 0. The maximum Gasteiger partial charge on any atom is 0.306 e. The van der Waals surface area contributed by atoms with Crippen LogP contribution in [-0.2, 0) is 0 Å². The van der Waals surface area contributed by atoms with Crippen molar-refractivity contribution in [3.8, 4) is 0 Å². The first-order valence-corrected chi connectivity index (χ1v) is 3.19. The van der Waals surface area contributed by atoms with Gasteiger partial charge >= 0.3 is 6.08 Å². The zero-order valence-electron chi connectivity index (χ0n) is 6.12. The van der Waals surface area contributed by atoms with Gasteiger partial charge < -0.3 is 0 Å². The standard InChI is InChI=1S/C8H3F5/c9-5-3-1-2-4(6(5)10)7(11)8(12)13/h1-3H. The summed E-state index contributed by atoms with van der Waals surface area (Å²) in [7, 11) is 0. The van der Waals surface area contributed by atoms with Crippen LogP contribution < -0.4 is 0 Å². The van der Waals surface area contributed by atoms with Gasteiger partial charge in [0.2, 0.25) is 0 Å². The summed E-state index contributed by atoms with van der Waals surface area (Å²) in [4.78, 5) is 0. The third kappa shape index (κ3) is 1.85. The summed E-state index contributed by atoms with van der Waals surface area (Å²) in [6, 6.07) is 2.38. The highest BCUT2D eigenvalue weighted by Gasteiger charge is 2.15. The molecule has 0 atom stereocenters. The highest BCUT2D eigenvalue weighted by Crippen LogP contribution is 2.25. The highest BCUT2D eigenvalue weighted by molar-refractivity contribution is 5.60. The number of benzene rings is 1. The van der Waals surface area contributed by atoms with Crippen molar-refractivity contribution in [2.45, 2.75) is 0 Å². The second kappa shape index (κ2) is 3.55. The third-order valence-corrected chi connectivity index (χ3v) is 1.35. The summed E-state index contributed by atoms with van der Waals surface area (Å²) in [6.07, 6.45) is -2.68. The maximum atomic E-state index is 12.6. The molecular formula is C8H3F5. The van der Waals surface area contributed by atoms with Gasteiger partial charge in [0.1, 0.15) is 0 Å². The quantitative estimate of drug-likeness (QED) is 0.600. The van der Waals surface area contributed by atoms with Crippen LogP contribution in [0.4, 0.5) is 22.0 Å². The summed E-state index contributed by atoms with van der Waals surface area (Å²) in [6.45, 7) is 0. The predicted molar refractivity (Wildman–Crippen MR) is 36.6 cm³/mol. The molecule has 5 heteroatoms. The van der Waals surface area contributed by atoms with Gasteiger partial charge in [-0.05, 0) is 12.1 Å². The van der Waals surface area contributed by atoms with E-state index in [2.05, 4.69) is 0 Å². The van der Waals surface area contributed by atoms with Gasteiger partial charge in [-0.2, -0.15) is 8.78 Å². The van der Waals surface area contributed by atoms with Crippen LogP contribution in [0.25, 0.3) is 5.83 Å². The van der Waals surface area contributed by atoms with E-state index in [0.717, 1.165) is 12.1 Å². The van der Waals surface area contributed by atoms with E-state index in [1.165, 1.54) is 0 Å². The predicted octanol–water partition coefficient (Wildman–Crippen LogP) is 3.50. The van der Waals surface area contributed by atoms with Crippen molar-refractivity contribution in [2.75, 3.05) is 0 Å². The van der Waals surface area contributed by atoms with E-state index < -0.39 is 29.1 Å². The molecule has 0 spiro atoms. The lowest BCUT2D eigenvalue weighted by atomic mass is 10.2. The van der Waals surface area contributed by atoms with Crippen molar-refractivity contribution in [3.63, 3.8) is 0 Å². The summed E-state index contributed by atoms with van der Waals surface area (Å²) < 4.78 is 60.7. The number of halogens is 5. The van der Waals surface area contributed by atoms with Gasteiger partial charge in [-0.3, -0.25) is 0 Å². The van der Waals surface area contributed by atoms with E-state index in [9.17, 15) is 22.0 Å². The SMILES string of the molecule is FC(F)=C(F)c1cccc(F)c1F. The fraction of sp³-hybridized carbons (Fsp3) is 0. The Morgan fingerprint density at radius 2 is 1.62 bits per heavy atom. The van der Waals surface area contributed by atoms with Gasteiger partial charge in [-0.25, -0.2) is 13.2 Å². The van der Waals surface area contributed by atoms with Crippen molar-refractivity contribution in [1.29, 1.82) is 0 Å². The van der Waals surface area contributed by atoms with Crippen LogP contribution in [-0.4, -0.2) is 0 Å². The highest BCUT2D eigenvalue weighted by atomic mass is 19.3. The number of hydrogen-bond acceptors (Lipinski definition) is 0. The number of rotatable bonds is 1. The van der Waals surface area contributed by atoms with Crippen LogP contribution in [0.2, 0.25) is 0 Å². The van der Waals surface area contributed by atoms with Crippen LogP contribution in [0.15, 0.2) is 24.3 Å². The molecule has 0 aliphatic rings. The van der Waals surface area contributed by atoms with Crippen molar-refractivity contribution in [2.24, 2.45) is 0 Å². The Balaban J connectivity index is 3.32. The van der Waals surface area contributed by atoms with E-state index >= 15 is 0 Å². The minimum atomic E-state index is -2.68.